The average molecular weight is 396 g/mol. The van der Waals surface area contributed by atoms with Gasteiger partial charge in [0.1, 0.15) is 0 Å². The molecule has 29 heavy (non-hydrogen) atoms. The van der Waals surface area contributed by atoms with Gasteiger partial charge in [0.2, 0.25) is 0 Å². The van der Waals surface area contributed by atoms with Gasteiger partial charge >= 0.3 is 17.8 Å². The fraction of sp³-hybridized carbons (Fsp3) is 0.250. The lowest BCUT2D eigenvalue weighted by Crippen LogP contribution is -2.49. The number of hydrogen-bond acceptors (Lipinski definition) is 5. The molecule has 0 unspecified atom stereocenters. The van der Waals surface area contributed by atoms with Crippen LogP contribution < -0.4 is 32.1 Å². The maximum atomic E-state index is 12.0. The second kappa shape index (κ2) is 10.1. The van der Waals surface area contributed by atoms with Crippen molar-refractivity contribution in [3.8, 4) is 0 Å². The number of urea groups is 1. The van der Waals surface area contributed by atoms with Crippen molar-refractivity contribution < 1.29 is 14.4 Å². The van der Waals surface area contributed by atoms with E-state index in [4.69, 9.17) is 0 Å². The summed E-state index contributed by atoms with van der Waals surface area (Å²) in [4.78, 5) is 35.8. The Balaban J connectivity index is 1.42. The highest BCUT2D eigenvalue weighted by molar-refractivity contribution is 6.35. The second-order valence-electron chi connectivity index (χ2n) is 6.60. The van der Waals surface area contributed by atoms with Gasteiger partial charge in [-0.1, -0.05) is 18.2 Å². The minimum Gasteiger partial charge on any atom is -0.345 e. The number of carbonyl (C=O) groups is 3. The molecule has 1 saturated heterocycles. The van der Waals surface area contributed by atoms with Gasteiger partial charge in [-0.2, -0.15) is 0 Å². The van der Waals surface area contributed by atoms with Crippen LogP contribution in [0.4, 0.5) is 21.9 Å². The predicted octanol–water partition coefficient (Wildman–Crippen LogP) is 1.64. The molecule has 9 nitrogen and oxygen atoms in total. The molecule has 2 aromatic carbocycles. The van der Waals surface area contributed by atoms with E-state index in [1.54, 1.807) is 36.4 Å². The molecular formula is C20H24N6O3. The summed E-state index contributed by atoms with van der Waals surface area (Å²) < 4.78 is 0. The Kier molecular flexibility index (Phi) is 7.01. The summed E-state index contributed by atoms with van der Waals surface area (Å²) in [6.07, 6.45) is 1.61. The summed E-state index contributed by atoms with van der Waals surface area (Å²) in [5.41, 5.74) is 6.89. The van der Waals surface area contributed by atoms with Gasteiger partial charge in [-0.15, -0.1) is 0 Å². The van der Waals surface area contributed by atoms with Crippen LogP contribution in [0.1, 0.15) is 12.8 Å². The number of anilines is 3. The first-order valence-corrected chi connectivity index (χ1v) is 9.41. The van der Waals surface area contributed by atoms with Gasteiger partial charge < -0.3 is 21.3 Å². The van der Waals surface area contributed by atoms with Crippen molar-refractivity contribution in [1.29, 1.82) is 0 Å². The first-order valence-electron chi connectivity index (χ1n) is 9.41. The predicted molar refractivity (Wildman–Crippen MR) is 111 cm³/mol. The zero-order valence-corrected chi connectivity index (χ0v) is 15.8. The number of carbonyl (C=O) groups excluding carboxylic acids is 3. The van der Waals surface area contributed by atoms with E-state index in [0.717, 1.165) is 25.9 Å². The van der Waals surface area contributed by atoms with Crippen molar-refractivity contribution in [2.45, 2.75) is 18.9 Å². The Bertz CT molecular complexity index is 835. The van der Waals surface area contributed by atoms with Crippen LogP contribution in [0.3, 0.4) is 0 Å². The lowest BCUT2D eigenvalue weighted by Gasteiger charge is -2.23. The normalized spacial score (nSPS) is 13.8. The Hall–Kier alpha value is -3.59. The second-order valence-corrected chi connectivity index (χ2v) is 6.60. The summed E-state index contributed by atoms with van der Waals surface area (Å²) in [7, 11) is 0. The minimum absolute atomic E-state index is 0.0156. The maximum absolute atomic E-state index is 12.0. The van der Waals surface area contributed by atoms with Gasteiger partial charge in [0, 0.05) is 17.4 Å². The van der Waals surface area contributed by atoms with Crippen molar-refractivity contribution in [3.63, 3.8) is 0 Å². The molecule has 1 aliphatic rings. The number of hydrogen-bond donors (Lipinski definition) is 6. The van der Waals surface area contributed by atoms with E-state index in [2.05, 4.69) is 32.1 Å². The van der Waals surface area contributed by atoms with Crippen LogP contribution in [-0.2, 0) is 9.59 Å². The van der Waals surface area contributed by atoms with E-state index in [-0.39, 0.29) is 12.1 Å². The molecule has 0 saturated carbocycles. The zero-order valence-electron chi connectivity index (χ0n) is 15.8. The van der Waals surface area contributed by atoms with E-state index in [0.29, 0.717) is 17.1 Å². The molecule has 0 spiro atoms. The number of benzene rings is 2. The third kappa shape index (κ3) is 6.51. The molecule has 1 heterocycles. The Morgan fingerprint density at radius 2 is 1.34 bits per heavy atom. The van der Waals surface area contributed by atoms with Crippen molar-refractivity contribution in [1.82, 2.24) is 16.1 Å². The van der Waals surface area contributed by atoms with Crippen LogP contribution in [-0.4, -0.2) is 37.0 Å². The average Bonchev–Trinajstić information content (AvgIpc) is 2.74. The van der Waals surface area contributed by atoms with E-state index in [9.17, 15) is 14.4 Å². The van der Waals surface area contributed by atoms with Gasteiger partial charge in [-0.25, -0.2) is 4.79 Å². The first kappa shape index (κ1) is 20.2. The molecule has 0 bridgehead atoms. The quantitative estimate of drug-likeness (QED) is 0.339. The van der Waals surface area contributed by atoms with Crippen LogP contribution in [0, 0.1) is 0 Å². The van der Waals surface area contributed by atoms with Crippen molar-refractivity contribution in [2.24, 2.45) is 0 Å². The maximum Gasteiger partial charge on any atom is 0.327 e. The molecule has 0 aromatic heterocycles. The fourth-order valence-corrected chi connectivity index (χ4v) is 2.85. The highest BCUT2D eigenvalue weighted by Gasteiger charge is 2.20. The molecular weight excluding hydrogens is 372 g/mol. The SMILES string of the molecule is O=C(Nc1ccccc1)Nc1ccc(NNC(=O)C(=O)NC2CCNCC2)cc1. The number of para-hydroxylation sites is 1. The van der Waals surface area contributed by atoms with Crippen molar-refractivity contribution in [3.05, 3.63) is 54.6 Å². The van der Waals surface area contributed by atoms with Crippen LogP contribution >= 0.6 is 0 Å². The van der Waals surface area contributed by atoms with Crippen LogP contribution in [0.5, 0.6) is 0 Å². The molecule has 0 radical (unpaired) electrons. The van der Waals surface area contributed by atoms with Gasteiger partial charge in [-0.3, -0.25) is 20.4 Å². The zero-order chi connectivity index (χ0) is 20.5. The Labute approximate surface area is 168 Å². The number of piperidine rings is 1. The Morgan fingerprint density at radius 3 is 2.00 bits per heavy atom. The van der Waals surface area contributed by atoms with Gasteiger partial charge in [-0.05, 0) is 62.3 Å². The van der Waals surface area contributed by atoms with Crippen LogP contribution in [0.25, 0.3) is 0 Å². The summed E-state index contributed by atoms with van der Waals surface area (Å²) >= 11 is 0. The summed E-state index contributed by atoms with van der Waals surface area (Å²) in [6.45, 7) is 1.66. The number of rotatable bonds is 5. The molecule has 152 valence electrons. The number of nitrogens with one attached hydrogen (secondary N) is 6. The van der Waals surface area contributed by atoms with Crippen LogP contribution in [0.15, 0.2) is 54.6 Å². The lowest BCUT2D eigenvalue weighted by molar-refractivity contribution is -0.139. The minimum atomic E-state index is -0.757. The molecule has 1 fully saturated rings. The van der Waals surface area contributed by atoms with Crippen LogP contribution in [0.2, 0.25) is 0 Å². The molecule has 1 aliphatic heterocycles. The van der Waals surface area contributed by atoms with E-state index >= 15 is 0 Å². The molecule has 3 rings (SSSR count). The standard InChI is InChI=1S/C20H24N6O3/c27-18(22-16-10-12-21-13-11-16)19(28)26-25-17-8-6-15(7-9-17)24-20(29)23-14-4-2-1-3-5-14/h1-9,16,21,25H,10-13H2,(H,22,27)(H,26,28)(H2,23,24,29). The molecule has 0 atom stereocenters. The third-order valence-electron chi connectivity index (χ3n) is 4.38. The summed E-state index contributed by atoms with van der Waals surface area (Å²) in [6, 6.07) is 15.4. The van der Waals surface area contributed by atoms with Gasteiger partial charge in [0.15, 0.2) is 0 Å². The molecule has 6 N–H and O–H groups in total. The smallest absolute Gasteiger partial charge is 0.327 e. The molecule has 9 heteroatoms. The number of amides is 4. The third-order valence-corrected chi connectivity index (χ3v) is 4.38. The van der Waals surface area contributed by atoms with Crippen molar-refractivity contribution in [2.75, 3.05) is 29.1 Å². The monoisotopic (exact) mass is 396 g/mol. The van der Waals surface area contributed by atoms with E-state index in [1.165, 1.54) is 0 Å². The van der Waals surface area contributed by atoms with Gasteiger partial charge in [0.25, 0.3) is 0 Å². The highest BCUT2D eigenvalue weighted by Crippen LogP contribution is 2.13. The molecule has 0 aliphatic carbocycles. The highest BCUT2D eigenvalue weighted by atomic mass is 16.2. The fourth-order valence-electron chi connectivity index (χ4n) is 2.85. The first-order chi connectivity index (χ1) is 14.1. The summed E-state index contributed by atoms with van der Waals surface area (Å²) in [5.74, 6) is -1.42. The van der Waals surface area contributed by atoms with E-state index < -0.39 is 11.8 Å². The summed E-state index contributed by atoms with van der Waals surface area (Å²) in [5, 5.41) is 11.3. The topological polar surface area (TPSA) is 123 Å². The molecule has 2 aromatic rings. The van der Waals surface area contributed by atoms with E-state index in [1.807, 2.05) is 18.2 Å². The van der Waals surface area contributed by atoms with Crippen molar-refractivity contribution >= 4 is 34.9 Å². The number of hydrazine groups is 1. The lowest BCUT2D eigenvalue weighted by atomic mass is 10.1. The Morgan fingerprint density at radius 1 is 0.759 bits per heavy atom. The largest absolute Gasteiger partial charge is 0.345 e. The molecule has 4 amide bonds. The van der Waals surface area contributed by atoms with Gasteiger partial charge in [0.05, 0.1) is 5.69 Å².